The Balaban J connectivity index is 0.00000225. The minimum absolute atomic E-state index is 0. The number of rotatable bonds is 6. The van der Waals surface area contributed by atoms with E-state index >= 15 is 0 Å². The predicted octanol–water partition coefficient (Wildman–Crippen LogP) is -2.67. The van der Waals surface area contributed by atoms with Crippen LogP contribution in [0.2, 0.25) is 0 Å². The molecule has 142 valence electrons. The molecule has 0 saturated heterocycles. The Morgan fingerprint density at radius 1 is 0.852 bits per heavy atom. The quantitative estimate of drug-likeness (QED) is 0.417. The van der Waals surface area contributed by atoms with Gasteiger partial charge in [-0.15, -0.1) is 0 Å². The van der Waals surface area contributed by atoms with Crippen LogP contribution in [0.1, 0.15) is 50.7 Å². The molecule has 0 aliphatic heterocycles. The van der Waals surface area contributed by atoms with E-state index in [1.807, 2.05) is 0 Å². The molecule has 0 N–H and O–H groups in total. The second kappa shape index (κ2) is 12.1. The van der Waals surface area contributed by atoms with E-state index in [9.17, 15) is 0 Å². The van der Waals surface area contributed by atoms with Gasteiger partial charge in [0.1, 0.15) is 0 Å². The van der Waals surface area contributed by atoms with E-state index in [4.69, 9.17) is 0 Å². The maximum Gasteiger partial charge on any atom is -1.00 e. The Morgan fingerprint density at radius 2 is 1.33 bits per heavy atom. The summed E-state index contributed by atoms with van der Waals surface area (Å²) < 4.78 is 1.49. The summed E-state index contributed by atoms with van der Waals surface area (Å²) in [5, 5.41) is 0. The molecule has 0 amide bonds. The molecule has 3 rings (SSSR count). The van der Waals surface area contributed by atoms with Crippen molar-refractivity contribution in [1.82, 2.24) is 0 Å². The molecule has 0 bridgehead atoms. The minimum Gasteiger partial charge on any atom is -1.00 e. The Hall–Kier alpha value is -0.496. The smallest absolute Gasteiger partial charge is 1.00 e. The summed E-state index contributed by atoms with van der Waals surface area (Å²) in [5.74, 6) is 0. The fraction of sp³-hybridized carbons (Fsp3) is 0.304. The number of hydrogen-bond donors (Lipinski definition) is 0. The summed E-state index contributed by atoms with van der Waals surface area (Å²) in [4.78, 5) is 0. The first kappa shape index (κ1) is 26.5. The van der Waals surface area contributed by atoms with Crippen molar-refractivity contribution in [2.75, 3.05) is 0 Å². The molecule has 4 heteroatoms. The topological polar surface area (TPSA) is 0 Å². The fourth-order valence-corrected chi connectivity index (χ4v) is 4.58. The first-order chi connectivity index (χ1) is 11.7. The monoisotopic (exact) mass is 454 g/mol. The van der Waals surface area contributed by atoms with Gasteiger partial charge >= 0.3 is 158 Å². The van der Waals surface area contributed by atoms with E-state index in [0.717, 1.165) is 6.42 Å². The molecule has 0 saturated carbocycles. The van der Waals surface area contributed by atoms with Crippen molar-refractivity contribution >= 4 is 0 Å². The van der Waals surface area contributed by atoms with E-state index in [-0.39, 0.29) is 42.6 Å². The van der Waals surface area contributed by atoms with E-state index in [0.29, 0.717) is 0 Å². The van der Waals surface area contributed by atoms with Gasteiger partial charge in [0.25, 0.3) is 0 Å². The molecule has 1 aliphatic carbocycles. The van der Waals surface area contributed by atoms with Crippen molar-refractivity contribution in [3.63, 3.8) is 0 Å². The normalized spacial score (nSPS) is 13.3. The molecule has 0 heterocycles. The van der Waals surface area contributed by atoms with E-state index in [1.54, 1.807) is 5.57 Å². The predicted molar refractivity (Wildman–Crippen MR) is 98.6 cm³/mol. The van der Waals surface area contributed by atoms with Crippen LogP contribution in [0, 0.1) is 0 Å². The zero-order valence-electron chi connectivity index (χ0n) is 15.8. The molecular formula is C23H25Cl3Ti. The molecule has 0 spiro atoms. The number of halogens is 3. The fourth-order valence-electron chi connectivity index (χ4n) is 3.93. The van der Waals surface area contributed by atoms with Gasteiger partial charge in [-0.25, -0.2) is 0 Å². The van der Waals surface area contributed by atoms with Crippen molar-refractivity contribution < 1.29 is 57.7 Å². The molecule has 2 aromatic carbocycles. The zero-order chi connectivity index (χ0) is 17.0. The molecule has 1 aliphatic rings. The van der Waals surface area contributed by atoms with Gasteiger partial charge in [-0.05, 0) is 0 Å². The SMILES string of the molecule is CCCCC(C1=[C]([Ti+3])C(C)=CC1)(c1ccccc1)c1ccccc1.[Cl-].[Cl-].[Cl-]. The van der Waals surface area contributed by atoms with E-state index in [1.165, 1.54) is 39.8 Å². The number of allylic oxidation sites excluding steroid dienone is 4. The van der Waals surface area contributed by atoms with Crippen LogP contribution in [0.5, 0.6) is 0 Å². The molecular weight excluding hydrogens is 430 g/mol. The average Bonchev–Trinajstić information content (AvgIpc) is 2.97. The first-order valence-corrected chi connectivity index (χ1v) is 9.71. The maximum absolute atomic E-state index is 2.40. The van der Waals surface area contributed by atoms with Crippen LogP contribution in [-0.2, 0) is 25.9 Å². The number of unbranched alkanes of at least 4 members (excludes halogenated alkanes) is 1. The van der Waals surface area contributed by atoms with Gasteiger partial charge in [0, 0.05) is 0 Å². The van der Waals surface area contributed by atoms with Gasteiger partial charge in [-0.3, -0.25) is 0 Å². The van der Waals surface area contributed by atoms with E-state index in [2.05, 4.69) is 101 Å². The Bertz CT molecular complexity index is 712. The van der Waals surface area contributed by atoms with Gasteiger partial charge < -0.3 is 37.2 Å². The standard InChI is InChI=1S/C23H25.3ClH.Ti/c1-3-4-17-23(20-11-7-5-8-12-20,21-13-9-6-10-14-21)22-16-15-19(2)18-22;;;;/h5-15H,3-4,16-17H2,1-2H3;3*1H;/q;;;;+3/p-3. The first-order valence-electron chi connectivity index (χ1n) is 8.93. The van der Waals surface area contributed by atoms with Crippen molar-refractivity contribution in [1.29, 1.82) is 0 Å². The summed E-state index contributed by atoms with van der Waals surface area (Å²) in [7, 11) is 0. The molecule has 0 nitrogen and oxygen atoms in total. The van der Waals surface area contributed by atoms with Gasteiger partial charge in [0.15, 0.2) is 0 Å². The number of hydrogen-bond acceptors (Lipinski definition) is 0. The summed E-state index contributed by atoms with van der Waals surface area (Å²) in [5.41, 5.74) is 5.89. The third-order valence-electron chi connectivity index (χ3n) is 5.26. The second-order valence-electron chi connectivity index (χ2n) is 6.69. The number of benzene rings is 2. The third-order valence-corrected chi connectivity index (χ3v) is 6.35. The van der Waals surface area contributed by atoms with Crippen molar-refractivity contribution in [3.05, 3.63) is 92.9 Å². The van der Waals surface area contributed by atoms with Gasteiger partial charge in [-0.2, -0.15) is 0 Å². The molecule has 0 unspecified atom stereocenters. The average molecular weight is 456 g/mol. The zero-order valence-corrected chi connectivity index (χ0v) is 19.6. The van der Waals surface area contributed by atoms with Crippen LogP contribution < -0.4 is 37.2 Å². The van der Waals surface area contributed by atoms with Crippen LogP contribution in [-0.4, -0.2) is 0 Å². The van der Waals surface area contributed by atoms with Crippen LogP contribution >= 0.6 is 0 Å². The molecule has 0 atom stereocenters. The molecule has 27 heavy (non-hydrogen) atoms. The van der Waals surface area contributed by atoms with Crippen molar-refractivity contribution in [3.8, 4) is 0 Å². The molecule has 0 fully saturated rings. The Kier molecular flexibility index (Phi) is 11.9. The summed E-state index contributed by atoms with van der Waals surface area (Å²) >= 11 is 2.31. The minimum atomic E-state index is -0.00310. The van der Waals surface area contributed by atoms with Crippen molar-refractivity contribution in [2.45, 2.75) is 44.9 Å². The van der Waals surface area contributed by atoms with Crippen LogP contribution in [0.15, 0.2) is 81.8 Å². The maximum atomic E-state index is 2.40. The summed E-state index contributed by atoms with van der Waals surface area (Å²) in [6, 6.07) is 22.2. The Morgan fingerprint density at radius 3 is 1.70 bits per heavy atom. The summed E-state index contributed by atoms with van der Waals surface area (Å²) in [6.45, 7) is 4.54. The van der Waals surface area contributed by atoms with Gasteiger partial charge in [0.05, 0.1) is 0 Å². The van der Waals surface area contributed by atoms with Crippen LogP contribution in [0.4, 0.5) is 0 Å². The largest absolute Gasteiger partial charge is 1.00 e. The molecule has 0 aromatic heterocycles. The molecule has 0 radical (unpaired) electrons. The van der Waals surface area contributed by atoms with Gasteiger partial charge in [0.2, 0.25) is 0 Å². The summed E-state index contributed by atoms with van der Waals surface area (Å²) in [6.07, 6.45) is 7.10. The van der Waals surface area contributed by atoms with Crippen LogP contribution in [0.25, 0.3) is 0 Å². The van der Waals surface area contributed by atoms with Crippen molar-refractivity contribution in [2.24, 2.45) is 0 Å². The second-order valence-corrected chi connectivity index (χ2v) is 7.47. The van der Waals surface area contributed by atoms with Gasteiger partial charge in [-0.1, -0.05) is 0 Å². The van der Waals surface area contributed by atoms with Crippen LogP contribution in [0.3, 0.4) is 0 Å². The van der Waals surface area contributed by atoms with E-state index < -0.39 is 0 Å². The molecule has 2 aromatic rings. The Labute approximate surface area is 194 Å². The third kappa shape index (κ3) is 5.31.